The fourth-order valence-corrected chi connectivity index (χ4v) is 3.41. The van der Waals surface area contributed by atoms with Crippen LogP contribution < -0.4 is 4.74 Å². The van der Waals surface area contributed by atoms with Gasteiger partial charge in [-0.2, -0.15) is 5.10 Å². The topological polar surface area (TPSA) is 101 Å². The van der Waals surface area contributed by atoms with Gasteiger partial charge in [0.15, 0.2) is 17.1 Å². The van der Waals surface area contributed by atoms with Gasteiger partial charge in [-0.15, -0.1) is 10.2 Å². The number of nitro groups is 1. The molecule has 1 unspecified atom stereocenters. The lowest BCUT2D eigenvalue weighted by Gasteiger charge is -2.15. The average molecular weight is 402 g/mol. The summed E-state index contributed by atoms with van der Waals surface area (Å²) in [6.45, 7) is 6.23. The van der Waals surface area contributed by atoms with Crippen LogP contribution in [-0.4, -0.2) is 29.5 Å². The van der Waals surface area contributed by atoms with Gasteiger partial charge in [0.25, 0.3) is 0 Å². The van der Waals surface area contributed by atoms with Crippen LogP contribution in [0.15, 0.2) is 41.8 Å². The second-order valence-corrected chi connectivity index (χ2v) is 7.56. The van der Waals surface area contributed by atoms with Crippen LogP contribution >= 0.6 is 11.8 Å². The van der Waals surface area contributed by atoms with E-state index in [0.29, 0.717) is 22.8 Å². The Labute approximate surface area is 166 Å². The van der Waals surface area contributed by atoms with Crippen molar-refractivity contribution in [2.24, 2.45) is 7.05 Å². The summed E-state index contributed by atoms with van der Waals surface area (Å²) in [6.07, 6.45) is 2.34. The van der Waals surface area contributed by atoms with E-state index in [9.17, 15) is 10.1 Å². The number of rotatable bonds is 8. The molecule has 0 radical (unpaired) electrons. The molecule has 2 heterocycles. The lowest BCUT2D eigenvalue weighted by molar-refractivity contribution is -0.385. The van der Waals surface area contributed by atoms with Crippen molar-refractivity contribution in [3.63, 3.8) is 0 Å². The number of hydrogen-bond donors (Lipinski definition) is 0. The maximum Gasteiger partial charge on any atom is 0.307 e. The van der Waals surface area contributed by atoms with Gasteiger partial charge in [-0.25, -0.2) is 0 Å². The zero-order valence-electron chi connectivity index (χ0n) is 16.1. The summed E-state index contributed by atoms with van der Waals surface area (Å²) in [6, 6.07) is 8.05. The van der Waals surface area contributed by atoms with Crippen molar-refractivity contribution >= 4 is 17.4 Å². The van der Waals surface area contributed by atoms with Crippen LogP contribution in [0.5, 0.6) is 5.75 Å². The zero-order valence-corrected chi connectivity index (χ0v) is 17.0. The monoisotopic (exact) mass is 402 g/mol. The molecule has 0 saturated heterocycles. The van der Waals surface area contributed by atoms with Gasteiger partial charge in [-0.3, -0.25) is 14.8 Å². The summed E-state index contributed by atoms with van der Waals surface area (Å²) < 4.78 is 9.35. The molecule has 0 N–H and O–H groups in total. The van der Waals surface area contributed by atoms with E-state index in [4.69, 9.17) is 4.74 Å². The quantitative estimate of drug-likeness (QED) is 0.319. The molecular weight excluding hydrogens is 380 g/mol. The molecule has 28 heavy (non-hydrogen) atoms. The molecule has 9 nitrogen and oxygen atoms in total. The zero-order chi connectivity index (χ0) is 20.3. The summed E-state index contributed by atoms with van der Waals surface area (Å²) in [5.41, 5.74) is 1.22. The molecule has 148 valence electrons. The molecule has 1 aromatic carbocycles. The van der Waals surface area contributed by atoms with Gasteiger partial charge in [0.05, 0.1) is 10.8 Å². The van der Waals surface area contributed by atoms with E-state index >= 15 is 0 Å². The number of ether oxygens (including phenoxy) is 1. The Morgan fingerprint density at radius 2 is 1.93 bits per heavy atom. The van der Waals surface area contributed by atoms with E-state index in [1.54, 1.807) is 0 Å². The summed E-state index contributed by atoms with van der Waals surface area (Å²) in [4.78, 5) is 10.3. The van der Waals surface area contributed by atoms with Crippen molar-refractivity contribution in [3.8, 4) is 5.75 Å². The molecule has 0 fully saturated rings. The van der Waals surface area contributed by atoms with Crippen LogP contribution in [0.2, 0.25) is 0 Å². The average Bonchev–Trinajstić information content (AvgIpc) is 3.27. The van der Waals surface area contributed by atoms with Crippen molar-refractivity contribution < 1.29 is 9.66 Å². The molecule has 0 aliphatic carbocycles. The van der Waals surface area contributed by atoms with Crippen LogP contribution in [0.4, 0.5) is 5.69 Å². The number of nitrogens with zero attached hydrogens (tertiary/aromatic N) is 6. The Balaban J connectivity index is 1.63. The minimum Gasteiger partial charge on any atom is -0.483 e. The van der Waals surface area contributed by atoms with Gasteiger partial charge < -0.3 is 9.30 Å². The van der Waals surface area contributed by atoms with E-state index in [2.05, 4.69) is 41.3 Å². The lowest BCUT2D eigenvalue weighted by Crippen LogP contribution is -2.10. The minimum atomic E-state index is -0.471. The minimum absolute atomic E-state index is 0.0373. The molecule has 0 amide bonds. The number of aromatic nitrogens is 5. The van der Waals surface area contributed by atoms with Crippen LogP contribution in [0.1, 0.15) is 44.2 Å². The first-order valence-corrected chi connectivity index (χ1v) is 9.79. The largest absolute Gasteiger partial charge is 0.483 e. The van der Waals surface area contributed by atoms with Crippen LogP contribution in [0.3, 0.4) is 0 Å². The Kier molecular flexibility index (Phi) is 5.98. The van der Waals surface area contributed by atoms with Gasteiger partial charge in [-0.05, 0) is 30.5 Å². The van der Waals surface area contributed by atoms with E-state index in [1.165, 1.54) is 34.4 Å². The third kappa shape index (κ3) is 4.50. The number of hydrogen-bond acceptors (Lipinski definition) is 7. The molecule has 3 rings (SSSR count). The molecule has 3 aromatic rings. The molecule has 0 aliphatic rings. The van der Waals surface area contributed by atoms with Crippen molar-refractivity contribution in [2.45, 2.75) is 43.8 Å². The van der Waals surface area contributed by atoms with Crippen LogP contribution in [0, 0.1) is 10.1 Å². The number of thioether (sulfide) groups is 1. The van der Waals surface area contributed by atoms with Crippen molar-refractivity contribution in [2.75, 3.05) is 0 Å². The van der Waals surface area contributed by atoms with Crippen LogP contribution in [-0.2, 0) is 12.9 Å². The predicted molar refractivity (Wildman–Crippen MR) is 105 cm³/mol. The maximum absolute atomic E-state index is 10.7. The van der Waals surface area contributed by atoms with Crippen LogP contribution in [0.25, 0.3) is 0 Å². The van der Waals surface area contributed by atoms with Crippen molar-refractivity contribution in [1.82, 2.24) is 24.5 Å². The highest BCUT2D eigenvalue weighted by atomic mass is 32.2. The van der Waals surface area contributed by atoms with E-state index in [1.807, 2.05) is 30.7 Å². The molecular formula is C18H22N6O3S. The highest BCUT2D eigenvalue weighted by Gasteiger charge is 2.18. The number of benzene rings is 1. The summed E-state index contributed by atoms with van der Waals surface area (Å²) in [5, 5.41) is 23.8. The molecule has 0 spiro atoms. The van der Waals surface area contributed by atoms with Crippen molar-refractivity contribution in [3.05, 3.63) is 58.2 Å². The molecule has 0 bridgehead atoms. The Morgan fingerprint density at radius 1 is 1.21 bits per heavy atom. The lowest BCUT2D eigenvalue weighted by atomic mass is 10.0. The first kappa shape index (κ1) is 19.9. The van der Waals surface area contributed by atoms with E-state index in [0.717, 1.165) is 5.75 Å². The van der Waals surface area contributed by atoms with Crippen molar-refractivity contribution in [1.29, 1.82) is 0 Å². The third-order valence-corrected chi connectivity index (χ3v) is 5.26. The Bertz CT molecular complexity index is 951. The molecule has 1 atom stereocenters. The predicted octanol–water partition coefficient (Wildman–Crippen LogP) is 3.93. The molecule has 0 saturated carbocycles. The SMILES string of the molecule is CC(C)c1ccc(OC(C)c2nnc(SCn3cc([N+](=O)[O-])cn3)n2C)cc1. The fraction of sp³-hybridized carbons (Fsp3) is 0.389. The Hall–Kier alpha value is -2.88. The second-order valence-electron chi connectivity index (χ2n) is 6.65. The maximum atomic E-state index is 10.7. The summed E-state index contributed by atoms with van der Waals surface area (Å²) in [7, 11) is 1.87. The highest BCUT2D eigenvalue weighted by Crippen LogP contribution is 2.26. The standard InChI is InChI=1S/C18H22N6O3S/c1-12(2)14-5-7-16(8-6-14)27-13(3)17-20-21-18(22(17)4)28-11-23-10-15(9-19-23)24(25)26/h5-10,12-13H,11H2,1-4H3. The molecule has 2 aromatic heterocycles. The summed E-state index contributed by atoms with van der Waals surface area (Å²) in [5.74, 6) is 2.34. The van der Waals surface area contributed by atoms with Gasteiger partial charge in [-0.1, -0.05) is 37.7 Å². The summed E-state index contributed by atoms with van der Waals surface area (Å²) >= 11 is 1.39. The Morgan fingerprint density at radius 3 is 2.54 bits per heavy atom. The molecule has 0 aliphatic heterocycles. The normalized spacial score (nSPS) is 12.3. The van der Waals surface area contributed by atoms with E-state index < -0.39 is 4.92 Å². The second kappa shape index (κ2) is 8.42. The van der Waals surface area contributed by atoms with Gasteiger partial charge in [0.1, 0.15) is 18.1 Å². The van der Waals surface area contributed by atoms with E-state index in [-0.39, 0.29) is 11.8 Å². The first-order valence-electron chi connectivity index (χ1n) is 8.80. The van der Waals surface area contributed by atoms with Gasteiger partial charge >= 0.3 is 5.69 Å². The van der Waals surface area contributed by atoms with Gasteiger partial charge in [0, 0.05) is 7.05 Å². The first-order chi connectivity index (χ1) is 13.3. The van der Waals surface area contributed by atoms with Gasteiger partial charge in [0.2, 0.25) is 0 Å². The fourth-order valence-electron chi connectivity index (χ4n) is 2.64. The third-order valence-electron chi connectivity index (χ3n) is 4.25. The molecule has 10 heteroatoms. The smallest absolute Gasteiger partial charge is 0.307 e. The highest BCUT2D eigenvalue weighted by molar-refractivity contribution is 7.98.